The highest BCUT2D eigenvalue weighted by Gasteiger charge is 2.34. The molecule has 18 heavy (non-hydrogen) atoms. The molecule has 0 aromatic carbocycles. The van der Waals surface area contributed by atoms with Gasteiger partial charge < -0.3 is 4.74 Å². The van der Waals surface area contributed by atoms with Crippen LogP contribution in [0.1, 0.15) is 37.5 Å². The maximum Gasteiger partial charge on any atom is 0.323 e. The van der Waals surface area contributed by atoms with Crippen LogP contribution in [0.15, 0.2) is 0 Å². The first-order valence-corrected chi connectivity index (χ1v) is 6.38. The number of tetrazole rings is 1. The summed E-state index contributed by atoms with van der Waals surface area (Å²) in [6.07, 6.45) is 4.18. The molecule has 0 radical (unpaired) electrons. The van der Waals surface area contributed by atoms with Gasteiger partial charge in [0.25, 0.3) is 0 Å². The molecule has 0 N–H and O–H groups in total. The second-order valence-electron chi connectivity index (χ2n) is 4.92. The molecule has 0 spiro atoms. The average molecular weight is 251 g/mol. The van der Waals surface area contributed by atoms with E-state index in [2.05, 4.69) is 20.4 Å². The van der Waals surface area contributed by atoms with Crippen molar-refractivity contribution in [2.75, 3.05) is 13.7 Å². The predicted octanol–water partition coefficient (Wildman–Crippen LogP) is 0.145. The Bertz CT molecular complexity index is 442. The first-order valence-electron chi connectivity index (χ1n) is 6.38. The largest absolute Gasteiger partial charge is 0.468 e. The molecule has 1 atom stereocenters. The molecule has 0 amide bonds. The number of likely N-dealkylation sites (tertiary alicyclic amines) is 1. The Labute approximate surface area is 105 Å². The molecule has 2 aliphatic rings. The first-order chi connectivity index (χ1) is 8.79. The van der Waals surface area contributed by atoms with Crippen molar-refractivity contribution in [1.82, 2.24) is 25.1 Å². The fraction of sp³-hybridized carbons (Fsp3) is 0.818. The molecule has 7 nitrogen and oxygen atoms in total. The zero-order valence-electron chi connectivity index (χ0n) is 10.4. The number of aromatic nitrogens is 4. The number of ether oxygens (including phenoxy) is 1. The molecule has 3 rings (SSSR count). The second kappa shape index (κ2) is 4.64. The minimum absolute atomic E-state index is 0.139. The molecule has 1 aromatic rings. The van der Waals surface area contributed by atoms with Gasteiger partial charge in [0.15, 0.2) is 5.82 Å². The SMILES string of the molecule is COC(=O)C1CCCN1Cc1nnnn1C1CC1. The van der Waals surface area contributed by atoms with Gasteiger partial charge in [0, 0.05) is 0 Å². The van der Waals surface area contributed by atoms with Crippen LogP contribution < -0.4 is 0 Å². The van der Waals surface area contributed by atoms with Gasteiger partial charge in [0.1, 0.15) is 6.04 Å². The lowest BCUT2D eigenvalue weighted by Crippen LogP contribution is -2.37. The van der Waals surface area contributed by atoms with Crippen molar-refractivity contribution >= 4 is 5.97 Å². The summed E-state index contributed by atoms with van der Waals surface area (Å²) in [4.78, 5) is 13.8. The van der Waals surface area contributed by atoms with Gasteiger partial charge in [-0.25, -0.2) is 4.68 Å². The van der Waals surface area contributed by atoms with E-state index in [1.165, 1.54) is 7.11 Å². The smallest absolute Gasteiger partial charge is 0.323 e. The Morgan fingerprint density at radius 1 is 1.44 bits per heavy atom. The molecule has 7 heteroatoms. The minimum Gasteiger partial charge on any atom is -0.468 e. The molecule has 1 aromatic heterocycles. The molecular weight excluding hydrogens is 234 g/mol. The molecule has 0 bridgehead atoms. The van der Waals surface area contributed by atoms with E-state index in [0.29, 0.717) is 12.6 Å². The lowest BCUT2D eigenvalue weighted by atomic mass is 10.2. The number of hydrogen-bond donors (Lipinski definition) is 0. The normalized spacial score (nSPS) is 24.4. The summed E-state index contributed by atoms with van der Waals surface area (Å²) in [6.45, 7) is 1.53. The fourth-order valence-corrected chi connectivity index (χ4v) is 2.52. The summed E-state index contributed by atoms with van der Waals surface area (Å²) in [5, 5.41) is 11.8. The van der Waals surface area contributed by atoms with Crippen molar-refractivity contribution in [3.8, 4) is 0 Å². The van der Waals surface area contributed by atoms with E-state index >= 15 is 0 Å². The Morgan fingerprint density at radius 3 is 3.00 bits per heavy atom. The van der Waals surface area contributed by atoms with Crippen LogP contribution in [0.5, 0.6) is 0 Å². The molecule has 1 saturated carbocycles. The third-order valence-electron chi connectivity index (χ3n) is 3.64. The molecule has 1 saturated heterocycles. The van der Waals surface area contributed by atoms with Gasteiger partial charge in [-0.05, 0) is 42.7 Å². The minimum atomic E-state index is -0.155. The predicted molar refractivity (Wildman–Crippen MR) is 61.5 cm³/mol. The van der Waals surface area contributed by atoms with Crippen LogP contribution in [0.4, 0.5) is 0 Å². The van der Waals surface area contributed by atoms with Crippen molar-refractivity contribution < 1.29 is 9.53 Å². The highest BCUT2D eigenvalue weighted by atomic mass is 16.5. The number of carbonyl (C=O) groups is 1. The third kappa shape index (κ3) is 2.10. The Hall–Kier alpha value is -1.50. The van der Waals surface area contributed by atoms with Gasteiger partial charge in [-0.2, -0.15) is 0 Å². The number of hydrogen-bond acceptors (Lipinski definition) is 6. The van der Waals surface area contributed by atoms with Crippen LogP contribution in [-0.2, 0) is 16.1 Å². The summed E-state index contributed by atoms with van der Waals surface area (Å²) in [6, 6.07) is 0.327. The van der Waals surface area contributed by atoms with Gasteiger partial charge in [-0.3, -0.25) is 9.69 Å². The van der Waals surface area contributed by atoms with E-state index < -0.39 is 0 Å². The Morgan fingerprint density at radius 2 is 2.28 bits per heavy atom. The van der Waals surface area contributed by atoms with Gasteiger partial charge >= 0.3 is 5.97 Å². The van der Waals surface area contributed by atoms with Crippen molar-refractivity contribution in [3.05, 3.63) is 5.82 Å². The van der Waals surface area contributed by atoms with Crippen molar-refractivity contribution in [1.29, 1.82) is 0 Å². The quantitative estimate of drug-likeness (QED) is 0.709. The lowest BCUT2D eigenvalue weighted by molar-refractivity contribution is -0.146. The molecule has 98 valence electrons. The van der Waals surface area contributed by atoms with E-state index in [1.54, 1.807) is 0 Å². The maximum atomic E-state index is 11.7. The van der Waals surface area contributed by atoms with E-state index in [1.807, 2.05) is 4.68 Å². The highest BCUT2D eigenvalue weighted by molar-refractivity contribution is 5.75. The number of esters is 1. The lowest BCUT2D eigenvalue weighted by Gasteiger charge is -2.21. The topological polar surface area (TPSA) is 73.1 Å². The monoisotopic (exact) mass is 251 g/mol. The summed E-state index contributed by atoms with van der Waals surface area (Å²) < 4.78 is 6.73. The number of methoxy groups -OCH3 is 1. The van der Waals surface area contributed by atoms with Crippen LogP contribution in [0.2, 0.25) is 0 Å². The van der Waals surface area contributed by atoms with Crippen LogP contribution in [-0.4, -0.2) is 50.8 Å². The average Bonchev–Trinajstić information content (AvgIpc) is 2.95. The zero-order chi connectivity index (χ0) is 12.5. The van der Waals surface area contributed by atoms with Crippen LogP contribution >= 0.6 is 0 Å². The number of rotatable bonds is 4. The molecule has 1 aliphatic heterocycles. The molecule has 2 heterocycles. The molecule has 1 aliphatic carbocycles. The molecule has 1 unspecified atom stereocenters. The fourth-order valence-electron chi connectivity index (χ4n) is 2.52. The van der Waals surface area contributed by atoms with Gasteiger partial charge in [-0.15, -0.1) is 5.10 Å². The van der Waals surface area contributed by atoms with E-state index in [-0.39, 0.29) is 12.0 Å². The van der Waals surface area contributed by atoms with Crippen molar-refractivity contribution in [2.45, 2.75) is 44.3 Å². The van der Waals surface area contributed by atoms with Gasteiger partial charge in [0.2, 0.25) is 0 Å². The summed E-state index contributed by atoms with van der Waals surface area (Å²) >= 11 is 0. The molecule has 2 fully saturated rings. The Kier molecular flexibility index (Phi) is 2.99. The Balaban J connectivity index is 1.71. The highest BCUT2D eigenvalue weighted by Crippen LogP contribution is 2.34. The van der Waals surface area contributed by atoms with Crippen LogP contribution in [0.25, 0.3) is 0 Å². The third-order valence-corrected chi connectivity index (χ3v) is 3.64. The van der Waals surface area contributed by atoms with Crippen LogP contribution in [0, 0.1) is 0 Å². The van der Waals surface area contributed by atoms with E-state index in [9.17, 15) is 4.79 Å². The van der Waals surface area contributed by atoms with Gasteiger partial charge in [0.05, 0.1) is 19.7 Å². The molecular formula is C11H17N5O2. The van der Waals surface area contributed by atoms with E-state index in [0.717, 1.165) is 38.1 Å². The second-order valence-corrected chi connectivity index (χ2v) is 4.92. The summed E-state index contributed by atoms with van der Waals surface area (Å²) in [7, 11) is 1.44. The van der Waals surface area contributed by atoms with Crippen molar-refractivity contribution in [3.63, 3.8) is 0 Å². The van der Waals surface area contributed by atoms with Crippen molar-refractivity contribution in [2.24, 2.45) is 0 Å². The number of carbonyl (C=O) groups excluding carboxylic acids is 1. The number of nitrogens with zero attached hydrogens (tertiary/aromatic N) is 5. The first kappa shape index (κ1) is 11.6. The van der Waals surface area contributed by atoms with Crippen LogP contribution in [0.3, 0.4) is 0 Å². The zero-order valence-corrected chi connectivity index (χ0v) is 10.4. The summed E-state index contributed by atoms with van der Waals surface area (Å²) in [5.74, 6) is 0.700. The standard InChI is InChI=1S/C11H17N5O2/c1-18-11(17)9-3-2-6-15(9)7-10-12-13-14-16(10)8-4-5-8/h8-9H,2-7H2,1H3. The summed E-state index contributed by atoms with van der Waals surface area (Å²) in [5.41, 5.74) is 0. The maximum absolute atomic E-state index is 11.7. The van der Waals surface area contributed by atoms with Gasteiger partial charge in [-0.1, -0.05) is 0 Å². The van der Waals surface area contributed by atoms with E-state index in [4.69, 9.17) is 4.74 Å².